The molecule has 168 valence electrons. The van der Waals surface area contributed by atoms with E-state index in [1.165, 1.54) is 13.2 Å². The molecule has 0 saturated carbocycles. The Bertz CT molecular complexity index is 982. The van der Waals surface area contributed by atoms with Crippen molar-refractivity contribution in [1.82, 2.24) is 10.2 Å². The van der Waals surface area contributed by atoms with E-state index in [1.54, 1.807) is 36.4 Å². The van der Waals surface area contributed by atoms with Gasteiger partial charge in [0, 0.05) is 36.3 Å². The Morgan fingerprint density at radius 2 is 2.09 bits per heavy atom. The zero-order valence-corrected chi connectivity index (χ0v) is 18.6. The van der Waals surface area contributed by atoms with Crippen molar-refractivity contribution in [2.45, 2.75) is 18.6 Å². The van der Waals surface area contributed by atoms with E-state index in [1.807, 2.05) is 12.1 Å². The molecule has 1 aliphatic rings. The van der Waals surface area contributed by atoms with Crippen molar-refractivity contribution >= 4 is 23.6 Å². The first kappa shape index (κ1) is 23.6. The number of nitrogens with one attached hydrogen (secondary N) is 1. The summed E-state index contributed by atoms with van der Waals surface area (Å²) in [6.07, 6.45) is 3.72. The highest BCUT2D eigenvalue weighted by Crippen LogP contribution is 2.22. The monoisotopic (exact) mass is 455 g/mol. The van der Waals surface area contributed by atoms with Gasteiger partial charge in [-0.3, -0.25) is 9.69 Å². The van der Waals surface area contributed by atoms with Crippen LogP contribution < -0.4 is 14.8 Å². The van der Waals surface area contributed by atoms with E-state index in [-0.39, 0.29) is 24.7 Å². The van der Waals surface area contributed by atoms with Gasteiger partial charge in [0.1, 0.15) is 17.6 Å². The maximum absolute atomic E-state index is 12.3. The Kier molecular flexibility index (Phi) is 8.51. The first-order valence-electron chi connectivity index (χ1n) is 10.3. The number of hydrogen-bond acceptors (Lipinski definition) is 6. The van der Waals surface area contributed by atoms with Crippen molar-refractivity contribution in [2.75, 3.05) is 33.4 Å². The summed E-state index contributed by atoms with van der Waals surface area (Å²) in [6.45, 7) is 2.19. The highest BCUT2D eigenvalue weighted by Gasteiger charge is 2.28. The van der Waals surface area contributed by atoms with E-state index in [4.69, 9.17) is 26.3 Å². The van der Waals surface area contributed by atoms with Crippen LogP contribution in [0.25, 0.3) is 6.08 Å². The minimum absolute atomic E-state index is 0.125. The third kappa shape index (κ3) is 6.72. The minimum Gasteiger partial charge on any atom is -0.496 e. The van der Waals surface area contributed by atoms with Crippen molar-refractivity contribution in [3.8, 4) is 17.6 Å². The topological polar surface area (TPSA) is 94.8 Å². The van der Waals surface area contributed by atoms with E-state index in [2.05, 4.69) is 16.3 Å². The summed E-state index contributed by atoms with van der Waals surface area (Å²) in [5, 5.41) is 22.2. The number of hydrogen-bond donors (Lipinski definition) is 2. The number of methoxy groups -OCH3 is 1. The molecule has 1 saturated heterocycles. The van der Waals surface area contributed by atoms with E-state index in [9.17, 15) is 9.90 Å². The predicted octanol–water partition coefficient (Wildman–Crippen LogP) is 2.86. The van der Waals surface area contributed by atoms with Crippen LogP contribution in [-0.4, -0.2) is 61.4 Å². The van der Waals surface area contributed by atoms with Gasteiger partial charge in [-0.25, -0.2) is 0 Å². The second-order valence-electron chi connectivity index (χ2n) is 7.53. The molecule has 3 rings (SSSR count). The van der Waals surface area contributed by atoms with Crippen molar-refractivity contribution in [2.24, 2.45) is 0 Å². The molecule has 0 unspecified atom stereocenters. The summed E-state index contributed by atoms with van der Waals surface area (Å²) >= 11 is 5.88. The molecule has 1 aliphatic heterocycles. The van der Waals surface area contributed by atoms with Crippen LogP contribution >= 0.6 is 11.6 Å². The quantitative estimate of drug-likeness (QED) is 0.535. The maximum atomic E-state index is 12.3. The highest BCUT2D eigenvalue weighted by atomic mass is 35.5. The Balaban J connectivity index is 1.42. The summed E-state index contributed by atoms with van der Waals surface area (Å²) in [6, 6.07) is 14.0. The number of ether oxygens (including phenoxy) is 2. The summed E-state index contributed by atoms with van der Waals surface area (Å²) in [5.41, 5.74) is 1.11. The van der Waals surface area contributed by atoms with Gasteiger partial charge >= 0.3 is 0 Å². The van der Waals surface area contributed by atoms with E-state index >= 15 is 0 Å². The highest BCUT2D eigenvalue weighted by molar-refractivity contribution is 6.30. The fourth-order valence-corrected chi connectivity index (χ4v) is 3.51. The Labute approximate surface area is 192 Å². The molecule has 1 atom stereocenters. The van der Waals surface area contributed by atoms with Gasteiger partial charge in [-0.05, 0) is 55.0 Å². The van der Waals surface area contributed by atoms with Crippen LogP contribution in [0.3, 0.4) is 0 Å². The number of nitrogens with zero attached hydrogens (tertiary/aromatic N) is 2. The van der Waals surface area contributed by atoms with Gasteiger partial charge in [-0.2, -0.15) is 5.26 Å². The average molecular weight is 456 g/mol. The molecule has 2 aromatic carbocycles. The Morgan fingerprint density at radius 3 is 2.75 bits per heavy atom. The van der Waals surface area contributed by atoms with Gasteiger partial charge in [0.25, 0.3) is 0 Å². The lowest BCUT2D eigenvalue weighted by Crippen LogP contribution is -2.54. The van der Waals surface area contributed by atoms with Crippen LogP contribution in [0.15, 0.2) is 48.5 Å². The molecule has 0 aromatic heterocycles. The van der Waals surface area contributed by atoms with Crippen LogP contribution in [0.5, 0.6) is 11.5 Å². The predicted molar refractivity (Wildman–Crippen MR) is 123 cm³/mol. The first-order valence-corrected chi connectivity index (χ1v) is 10.7. The lowest BCUT2D eigenvalue weighted by Gasteiger charge is -2.39. The van der Waals surface area contributed by atoms with E-state index in [0.717, 1.165) is 25.4 Å². The second-order valence-corrected chi connectivity index (χ2v) is 7.97. The summed E-state index contributed by atoms with van der Waals surface area (Å²) in [7, 11) is 1.53. The number of aliphatic hydroxyl groups is 1. The zero-order valence-electron chi connectivity index (χ0n) is 17.8. The molecule has 8 heteroatoms. The lowest BCUT2D eigenvalue weighted by atomic mass is 10.1. The Morgan fingerprint density at radius 1 is 1.34 bits per heavy atom. The Hall–Kier alpha value is -3.05. The smallest absolute Gasteiger partial charge is 0.244 e. The van der Waals surface area contributed by atoms with Gasteiger partial charge < -0.3 is 19.9 Å². The largest absolute Gasteiger partial charge is 0.496 e. The van der Waals surface area contributed by atoms with Crippen LogP contribution in [0.1, 0.15) is 17.5 Å². The number of carbonyl (C=O) groups excluding carboxylic acids is 1. The number of carbonyl (C=O) groups is 1. The average Bonchev–Trinajstić information content (AvgIpc) is 2.79. The van der Waals surface area contributed by atoms with Gasteiger partial charge in [0.2, 0.25) is 5.91 Å². The van der Waals surface area contributed by atoms with Crippen molar-refractivity contribution < 1.29 is 19.4 Å². The molecule has 2 aromatic rings. The van der Waals surface area contributed by atoms with Crippen LogP contribution in [0, 0.1) is 11.3 Å². The number of benzene rings is 2. The molecule has 7 nitrogen and oxygen atoms in total. The maximum Gasteiger partial charge on any atom is 0.244 e. The van der Waals surface area contributed by atoms with Crippen molar-refractivity contribution in [1.29, 1.82) is 5.26 Å². The van der Waals surface area contributed by atoms with Crippen LogP contribution in [0.4, 0.5) is 0 Å². The number of aliphatic hydroxyl groups excluding tert-OH is 1. The molecule has 1 amide bonds. The van der Waals surface area contributed by atoms with Gasteiger partial charge in [0.05, 0.1) is 31.4 Å². The number of likely N-dealkylation sites (tertiary alicyclic amines) is 1. The standard InChI is InChI=1S/C24H26ClN3O4/c1-31-23-8-2-17(13-26)12-18(23)3-9-24(30)27-20(16-29)10-11-28-14-22(15-28)32-21-6-4-19(25)5-7-21/h2-9,12,20,22,29H,10-11,14-16H2,1H3,(H,27,30)/b9-3+/t20-/m1/s1. The van der Waals surface area contributed by atoms with Crippen LogP contribution in [0.2, 0.25) is 5.02 Å². The normalized spacial score (nSPS) is 15.1. The molecule has 0 aliphatic carbocycles. The number of nitriles is 1. The molecule has 2 N–H and O–H groups in total. The first-order chi connectivity index (χ1) is 15.5. The second kappa shape index (κ2) is 11.5. The number of amides is 1. The molecule has 1 heterocycles. The molecule has 0 bridgehead atoms. The number of halogens is 1. The van der Waals surface area contributed by atoms with E-state index in [0.29, 0.717) is 28.3 Å². The summed E-state index contributed by atoms with van der Waals surface area (Å²) < 4.78 is 11.1. The fraction of sp³-hybridized carbons (Fsp3) is 0.333. The van der Waals surface area contributed by atoms with E-state index < -0.39 is 0 Å². The van der Waals surface area contributed by atoms with Gasteiger partial charge in [-0.15, -0.1) is 0 Å². The number of rotatable bonds is 10. The molecular formula is C24H26ClN3O4. The van der Waals surface area contributed by atoms with Gasteiger partial charge in [-0.1, -0.05) is 11.6 Å². The van der Waals surface area contributed by atoms with Crippen molar-refractivity contribution in [3.05, 3.63) is 64.7 Å². The summed E-state index contributed by atoms with van der Waals surface area (Å²) in [4.78, 5) is 14.5. The molecular weight excluding hydrogens is 430 g/mol. The third-order valence-corrected chi connectivity index (χ3v) is 5.43. The summed E-state index contributed by atoms with van der Waals surface area (Å²) in [5.74, 6) is 1.05. The fourth-order valence-electron chi connectivity index (χ4n) is 3.38. The van der Waals surface area contributed by atoms with Crippen molar-refractivity contribution in [3.63, 3.8) is 0 Å². The molecule has 1 fully saturated rings. The third-order valence-electron chi connectivity index (χ3n) is 5.17. The SMILES string of the molecule is COc1ccc(C#N)cc1/C=C/C(=O)N[C@@H](CO)CCN1CC(Oc2ccc(Cl)cc2)C1. The molecule has 0 spiro atoms. The molecule has 0 radical (unpaired) electrons. The molecule has 32 heavy (non-hydrogen) atoms. The van der Waals surface area contributed by atoms with Crippen LogP contribution in [-0.2, 0) is 4.79 Å². The lowest BCUT2D eigenvalue weighted by molar-refractivity contribution is -0.117. The van der Waals surface area contributed by atoms with Gasteiger partial charge in [0.15, 0.2) is 0 Å². The minimum atomic E-state index is -0.351. The zero-order chi connectivity index (χ0) is 22.9.